The van der Waals surface area contributed by atoms with Crippen LogP contribution in [0, 0.1) is 5.92 Å². The molecule has 0 radical (unpaired) electrons. The van der Waals surface area contributed by atoms with E-state index in [1.165, 1.54) is 13.2 Å². The van der Waals surface area contributed by atoms with Crippen LogP contribution in [-0.2, 0) is 30.8 Å². The molecule has 9 heteroatoms. The van der Waals surface area contributed by atoms with Crippen molar-refractivity contribution in [1.82, 2.24) is 4.90 Å². The average molecular weight is 425 g/mol. The van der Waals surface area contributed by atoms with Crippen LogP contribution < -0.4 is 4.72 Å². The third-order valence-corrected chi connectivity index (χ3v) is 6.93. The first-order valence-corrected chi connectivity index (χ1v) is 11.1. The number of nitrogens with zero attached hydrogens (tertiary/aromatic N) is 1. The number of carbonyl (C=O) groups is 2. The highest BCUT2D eigenvalue weighted by Gasteiger charge is 2.20. The Labute approximate surface area is 169 Å². The Hall–Kier alpha value is -2.39. The van der Waals surface area contributed by atoms with Gasteiger partial charge in [-0.05, 0) is 36.1 Å². The quantitative estimate of drug-likeness (QED) is 0.625. The van der Waals surface area contributed by atoms with E-state index in [9.17, 15) is 18.0 Å². The van der Waals surface area contributed by atoms with Gasteiger partial charge in [0.1, 0.15) is 4.21 Å². The SMILES string of the molecule is CCN(CC(C)C(=O)OC)C(=O)Cc1ccc(NS(=O)(=O)c2cccs2)cc1. The molecule has 0 saturated heterocycles. The number of esters is 1. The molecule has 28 heavy (non-hydrogen) atoms. The number of amides is 1. The molecule has 0 bridgehead atoms. The van der Waals surface area contributed by atoms with Gasteiger partial charge < -0.3 is 9.64 Å². The van der Waals surface area contributed by atoms with Gasteiger partial charge in [0, 0.05) is 18.8 Å². The van der Waals surface area contributed by atoms with Crippen molar-refractivity contribution in [1.29, 1.82) is 0 Å². The molecule has 0 fully saturated rings. The number of benzene rings is 1. The molecule has 1 atom stereocenters. The molecule has 0 aliphatic rings. The number of methoxy groups -OCH3 is 1. The fraction of sp³-hybridized carbons (Fsp3) is 0.368. The summed E-state index contributed by atoms with van der Waals surface area (Å²) in [4.78, 5) is 25.7. The van der Waals surface area contributed by atoms with Crippen LogP contribution in [0.1, 0.15) is 19.4 Å². The second kappa shape index (κ2) is 9.70. The van der Waals surface area contributed by atoms with Gasteiger partial charge >= 0.3 is 5.97 Å². The molecule has 1 N–H and O–H groups in total. The molecule has 0 aliphatic heterocycles. The highest BCUT2D eigenvalue weighted by atomic mass is 32.2. The van der Waals surface area contributed by atoms with Crippen LogP contribution in [0.3, 0.4) is 0 Å². The van der Waals surface area contributed by atoms with E-state index in [1.807, 2.05) is 6.92 Å². The zero-order valence-electron chi connectivity index (χ0n) is 16.0. The van der Waals surface area contributed by atoms with E-state index in [0.717, 1.165) is 16.9 Å². The third-order valence-electron chi connectivity index (χ3n) is 4.15. The Morgan fingerprint density at radius 2 is 1.89 bits per heavy atom. The molecule has 1 aromatic carbocycles. The standard InChI is InChI=1S/C19H24N2O5S2/c1-4-21(13-14(2)19(23)26-3)17(22)12-15-7-9-16(10-8-15)20-28(24,25)18-6-5-11-27-18/h5-11,14,20H,4,12-13H2,1-3H3. The predicted molar refractivity (Wildman–Crippen MR) is 109 cm³/mol. The molecule has 0 aliphatic carbocycles. The summed E-state index contributed by atoms with van der Waals surface area (Å²) in [6.07, 6.45) is 0.166. The van der Waals surface area contributed by atoms with Crippen molar-refractivity contribution in [3.63, 3.8) is 0 Å². The Bertz CT molecular complexity index is 893. The highest BCUT2D eigenvalue weighted by Crippen LogP contribution is 2.20. The summed E-state index contributed by atoms with van der Waals surface area (Å²) in [6, 6.07) is 9.88. The van der Waals surface area contributed by atoms with Crippen molar-refractivity contribution in [2.24, 2.45) is 5.92 Å². The van der Waals surface area contributed by atoms with Crippen LogP contribution in [0.15, 0.2) is 46.0 Å². The average Bonchev–Trinajstić information content (AvgIpc) is 3.22. The molecule has 7 nitrogen and oxygen atoms in total. The molecular weight excluding hydrogens is 400 g/mol. The number of rotatable bonds is 9. The zero-order valence-corrected chi connectivity index (χ0v) is 17.7. The zero-order chi connectivity index (χ0) is 20.7. The predicted octanol–water partition coefficient (Wildman–Crippen LogP) is 2.75. The lowest BCUT2D eigenvalue weighted by Gasteiger charge is -2.23. The van der Waals surface area contributed by atoms with E-state index in [1.54, 1.807) is 47.5 Å². The Morgan fingerprint density at radius 3 is 2.43 bits per heavy atom. The van der Waals surface area contributed by atoms with Crippen LogP contribution in [-0.4, -0.2) is 45.4 Å². The summed E-state index contributed by atoms with van der Waals surface area (Å²) in [7, 11) is -2.27. The van der Waals surface area contributed by atoms with E-state index in [0.29, 0.717) is 18.8 Å². The second-order valence-corrected chi connectivity index (χ2v) is 9.12. The number of anilines is 1. The topological polar surface area (TPSA) is 92.8 Å². The minimum atomic E-state index is -3.60. The van der Waals surface area contributed by atoms with Gasteiger partial charge in [-0.2, -0.15) is 0 Å². The molecule has 1 amide bonds. The fourth-order valence-electron chi connectivity index (χ4n) is 2.61. The van der Waals surface area contributed by atoms with E-state index in [-0.39, 0.29) is 22.5 Å². The first-order chi connectivity index (χ1) is 13.3. The van der Waals surface area contributed by atoms with Crippen molar-refractivity contribution < 1.29 is 22.7 Å². The van der Waals surface area contributed by atoms with Crippen LogP contribution in [0.5, 0.6) is 0 Å². The fourth-order valence-corrected chi connectivity index (χ4v) is 4.66. The molecule has 0 saturated carbocycles. The van der Waals surface area contributed by atoms with Gasteiger partial charge in [0.05, 0.1) is 19.4 Å². The summed E-state index contributed by atoms with van der Waals surface area (Å²) in [5.74, 6) is -0.860. The summed E-state index contributed by atoms with van der Waals surface area (Å²) in [5.41, 5.74) is 1.18. The summed E-state index contributed by atoms with van der Waals surface area (Å²) < 4.78 is 31.9. The van der Waals surface area contributed by atoms with Gasteiger partial charge in [-0.1, -0.05) is 25.1 Å². The van der Waals surface area contributed by atoms with Gasteiger partial charge in [-0.3, -0.25) is 14.3 Å². The first-order valence-electron chi connectivity index (χ1n) is 8.77. The van der Waals surface area contributed by atoms with Crippen LogP contribution in [0.25, 0.3) is 0 Å². The molecule has 1 unspecified atom stereocenters. The van der Waals surface area contributed by atoms with Crippen molar-refractivity contribution in [3.8, 4) is 0 Å². The van der Waals surface area contributed by atoms with Crippen LogP contribution >= 0.6 is 11.3 Å². The molecule has 0 spiro atoms. The van der Waals surface area contributed by atoms with E-state index >= 15 is 0 Å². The van der Waals surface area contributed by atoms with E-state index < -0.39 is 15.9 Å². The van der Waals surface area contributed by atoms with Crippen molar-refractivity contribution in [2.75, 3.05) is 24.9 Å². The molecule has 152 valence electrons. The number of hydrogen-bond acceptors (Lipinski definition) is 6. The highest BCUT2D eigenvalue weighted by molar-refractivity contribution is 7.94. The first kappa shape index (κ1) is 21.9. The molecule has 2 rings (SSSR count). The summed E-state index contributed by atoms with van der Waals surface area (Å²) in [5, 5.41) is 1.70. The smallest absolute Gasteiger partial charge is 0.310 e. The second-order valence-electron chi connectivity index (χ2n) is 6.27. The number of ether oxygens (including phenoxy) is 1. The molecule has 1 heterocycles. The Morgan fingerprint density at radius 1 is 1.21 bits per heavy atom. The monoisotopic (exact) mass is 424 g/mol. The van der Waals surface area contributed by atoms with Crippen molar-refractivity contribution in [2.45, 2.75) is 24.5 Å². The van der Waals surface area contributed by atoms with Crippen LogP contribution in [0.4, 0.5) is 5.69 Å². The van der Waals surface area contributed by atoms with Gasteiger partial charge in [-0.25, -0.2) is 8.42 Å². The van der Waals surface area contributed by atoms with E-state index in [2.05, 4.69) is 4.72 Å². The third kappa shape index (κ3) is 5.80. The number of hydrogen-bond donors (Lipinski definition) is 1. The lowest BCUT2D eigenvalue weighted by Crippen LogP contribution is -2.38. The maximum absolute atomic E-state index is 12.5. The number of nitrogens with one attached hydrogen (secondary N) is 1. The van der Waals surface area contributed by atoms with Gasteiger partial charge in [-0.15, -0.1) is 11.3 Å². The summed E-state index contributed by atoms with van der Waals surface area (Å²) >= 11 is 1.14. The van der Waals surface area contributed by atoms with Crippen molar-refractivity contribution >= 4 is 38.9 Å². The minimum absolute atomic E-state index is 0.106. The maximum Gasteiger partial charge on any atom is 0.310 e. The largest absolute Gasteiger partial charge is 0.469 e. The normalized spacial score (nSPS) is 12.2. The molecule has 2 aromatic rings. The van der Waals surface area contributed by atoms with Crippen LogP contribution in [0.2, 0.25) is 0 Å². The Kier molecular flexibility index (Phi) is 7.59. The number of thiophene rings is 1. The number of sulfonamides is 1. The van der Waals surface area contributed by atoms with Crippen molar-refractivity contribution in [3.05, 3.63) is 47.3 Å². The number of carbonyl (C=O) groups excluding carboxylic acids is 2. The van der Waals surface area contributed by atoms with Gasteiger partial charge in [0.2, 0.25) is 5.91 Å². The summed E-state index contributed by atoms with van der Waals surface area (Å²) in [6.45, 7) is 4.35. The van der Waals surface area contributed by atoms with Gasteiger partial charge in [0.25, 0.3) is 10.0 Å². The lowest BCUT2D eigenvalue weighted by atomic mass is 10.1. The Balaban J connectivity index is 1.99. The molecular formula is C19H24N2O5S2. The lowest BCUT2D eigenvalue weighted by molar-refractivity contribution is -0.146. The minimum Gasteiger partial charge on any atom is -0.469 e. The van der Waals surface area contributed by atoms with E-state index in [4.69, 9.17) is 4.74 Å². The maximum atomic E-state index is 12.5. The number of likely N-dealkylation sites (N-methyl/N-ethyl adjacent to an activating group) is 1. The molecule has 1 aromatic heterocycles. The van der Waals surface area contributed by atoms with Gasteiger partial charge in [0.15, 0.2) is 0 Å².